The van der Waals surface area contributed by atoms with Crippen LogP contribution in [-0.2, 0) is 0 Å². The van der Waals surface area contributed by atoms with Crippen molar-refractivity contribution in [2.75, 3.05) is 4.90 Å². The molecule has 0 bridgehead atoms. The highest BCUT2D eigenvalue weighted by molar-refractivity contribution is 7.26. The van der Waals surface area contributed by atoms with Crippen molar-refractivity contribution in [1.29, 1.82) is 0 Å². The largest absolute Gasteiger partial charge is 0.310 e. The van der Waals surface area contributed by atoms with Crippen LogP contribution in [0.15, 0.2) is 231 Å². The number of anilines is 3. The second-order valence-electron chi connectivity index (χ2n) is 15.7. The molecule has 0 spiro atoms. The van der Waals surface area contributed by atoms with Gasteiger partial charge in [-0.05, 0) is 117 Å². The van der Waals surface area contributed by atoms with Gasteiger partial charge in [-0.1, -0.05) is 158 Å². The van der Waals surface area contributed by atoms with E-state index in [9.17, 15) is 0 Å². The molecular formula is C58H38N2S. The maximum atomic E-state index is 2.40. The van der Waals surface area contributed by atoms with Crippen LogP contribution in [0.4, 0.5) is 17.1 Å². The molecule has 3 heteroatoms. The van der Waals surface area contributed by atoms with E-state index in [-0.39, 0.29) is 0 Å². The molecule has 0 saturated carbocycles. The zero-order valence-corrected chi connectivity index (χ0v) is 34.1. The van der Waals surface area contributed by atoms with Crippen LogP contribution >= 0.6 is 11.3 Å². The number of hydrogen-bond donors (Lipinski definition) is 0. The van der Waals surface area contributed by atoms with E-state index in [1.165, 1.54) is 86.1 Å². The summed E-state index contributed by atoms with van der Waals surface area (Å²) in [6, 6.07) is 84.2. The molecule has 12 rings (SSSR count). The van der Waals surface area contributed by atoms with Gasteiger partial charge >= 0.3 is 0 Å². The molecule has 2 aromatic heterocycles. The zero-order valence-electron chi connectivity index (χ0n) is 33.2. The summed E-state index contributed by atoms with van der Waals surface area (Å²) in [7, 11) is 0. The quantitative estimate of drug-likeness (QED) is 0.156. The highest BCUT2D eigenvalue weighted by atomic mass is 32.1. The van der Waals surface area contributed by atoms with E-state index in [2.05, 4.69) is 240 Å². The lowest BCUT2D eigenvalue weighted by molar-refractivity contribution is 1.17. The van der Waals surface area contributed by atoms with Crippen molar-refractivity contribution in [3.05, 3.63) is 231 Å². The van der Waals surface area contributed by atoms with Crippen molar-refractivity contribution in [2.45, 2.75) is 0 Å². The van der Waals surface area contributed by atoms with Gasteiger partial charge in [0.25, 0.3) is 0 Å². The molecule has 0 aliphatic rings. The molecule has 2 heterocycles. The SMILES string of the molecule is c1cc(-c2ccc(N(c3ccc(-c4cccc5c4sc4ccccc45)cc3)c3cccc(-n4c5ccccc5c5ccccc54)c3)cc2)cc(-c2ccc3ccccc3c2)c1. The van der Waals surface area contributed by atoms with Crippen LogP contribution < -0.4 is 4.90 Å². The Bertz CT molecular complexity index is 3540. The summed E-state index contributed by atoms with van der Waals surface area (Å²) in [5.74, 6) is 0. The van der Waals surface area contributed by atoms with Crippen molar-refractivity contribution in [3.63, 3.8) is 0 Å². The topological polar surface area (TPSA) is 8.17 Å². The van der Waals surface area contributed by atoms with Crippen molar-refractivity contribution < 1.29 is 0 Å². The number of nitrogens with zero attached hydrogens (tertiary/aromatic N) is 2. The standard InChI is InChI=1S/C58H38N2S/c1-2-13-42-37-45(27-26-39(42)12-1)44-15-9-14-43(36-44)40-28-32-46(33-29-40)59(47-34-30-41(31-35-47)50-21-11-22-54-53-20-5-8-25-57(53)61-58(50)54)48-16-10-17-49(38-48)60-55-23-6-3-18-51(55)52-19-4-7-24-56(52)60/h1-38H. The molecule has 0 saturated heterocycles. The lowest BCUT2D eigenvalue weighted by Crippen LogP contribution is -2.10. The van der Waals surface area contributed by atoms with Crippen LogP contribution in [0.2, 0.25) is 0 Å². The van der Waals surface area contributed by atoms with E-state index in [0.29, 0.717) is 0 Å². The van der Waals surface area contributed by atoms with E-state index in [0.717, 1.165) is 22.7 Å². The monoisotopic (exact) mass is 794 g/mol. The van der Waals surface area contributed by atoms with E-state index in [4.69, 9.17) is 0 Å². The average molecular weight is 795 g/mol. The van der Waals surface area contributed by atoms with Gasteiger partial charge in [-0.3, -0.25) is 0 Å². The van der Waals surface area contributed by atoms with E-state index in [1.54, 1.807) is 0 Å². The van der Waals surface area contributed by atoms with Gasteiger partial charge in [0.2, 0.25) is 0 Å². The third-order valence-corrected chi connectivity index (χ3v) is 13.4. The number of thiophene rings is 1. The number of para-hydroxylation sites is 2. The molecule has 2 nitrogen and oxygen atoms in total. The maximum Gasteiger partial charge on any atom is 0.0541 e. The fourth-order valence-corrected chi connectivity index (χ4v) is 10.5. The van der Waals surface area contributed by atoms with Crippen LogP contribution in [0, 0.1) is 0 Å². The molecule has 12 aromatic rings. The number of benzene rings is 10. The minimum absolute atomic E-state index is 1.09. The highest BCUT2D eigenvalue weighted by Gasteiger charge is 2.18. The number of fused-ring (bicyclic) bond motifs is 7. The Kier molecular flexibility index (Phi) is 8.39. The molecule has 0 N–H and O–H groups in total. The molecule has 0 amide bonds. The van der Waals surface area contributed by atoms with Gasteiger partial charge in [-0.25, -0.2) is 0 Å². The fourth-order valence-electron chi connectivity index (χ4n) is 9.23. The average Bonchev–Trinajstić information content (AvgIpc) is 3.88. The van der Waals surface area contributed by atoms with Crippen LogP contribution in [-0.4, -0.2) is 4.57 Å². The molecule has 0 unspecified atom stereocenters. The van der Waals surface area contributed by atoms with E-state index >= 15 is 0 Å². The van der Waals surface area contributed by atoms with Gasteiger partial charge < -0.3 is 9.47 Å². The van der Waals surface area contributed by atoms with Crippen LogP contribution in [0.25, 0.3) is 91.8 Å². The third kappa shape index (κ3) is 6.09. The normalized spacial score (nSPS) is 11.6. The Morgan fingerprint density at radius 2 is 0.885 bits per heavy atom. The second kappa shape index (κ2) is 14.5. The molecule has 0 fully saturated rings. The highest BCUT2D eigenvalue weighted by Crippen LogP contribution is 2.43. The number of rotatable bonds is 7. The summed E-state index contributed by atoms with van der Waals surface area (Å²) in [4.78, 5) is 2.39. The first kappa shape index (κ1) is 35.2. The molecule has 0 aliphatic heterocycles. The van der Waals surface area contributed by atoms with E-state index < -0.39 is 0 Å². The summed E-state index contributed by atoms with van der Waals surface area (Å²) in [5.41, 5.74) is 14.1. The molecular weight excluding hydrogens is 757 g/mol. The van der Waals surface area contributed by atoms with Gasteiger partial charge in [-0.15, -0.1) is 11.3 Å². The Labute approximate surface area is 358 Å². The maximum absolute atomic E-state index is 2.40. The van der Waals surface area contributed by atoms with Crippen molar-refractivity contribution in [2.24, 2.45) is 0 Å². The minimum atomic E-state index is 1.09. The fraction of sp³-hybridized carbons (Fsp3) is 0. The predicted molar refractivity (Wildman–Crippen MR) is 262 cm³/mol. The molecule has 10 aromatic carbocycles. The smallest absolute Gasteiger partial charge is 0.0541 e. The first-order chi connectivity index (χ1) is 30.2. The van der Waals surface area contributed by atoms with Gasteiger partial charge in [0.15, 0.2) is 0 Å². The number of aromatic nitrogens is 1. The lowest BCUT2D eigenvalue weighted by atomic mass is 9.97. The van der Waals surface area contributed by atoms with Crippen molar-refractivity contribution in [1.82, 2.24) is 4.57 Å². The summed E-state index contributed by atoms with van der Waals surface area (Å²) in [6.07, 6.45) is 0. The van der Waals surface area contributed by atoms with Crippen LogP contribution in [0.1, 0.15) is 0 Å². The van der Waals surface area contributed by atoms with Gasteiger partial charge in [-0.2, -0.15) is 0 Å². The molecule has 61 heavy (non-hydrogen) atoms. The zero-order chi connectivity index (χ0) is 40.3. The lowest BCUT2D eigenvalue weighted by Gasteiger charge is -2.26. The summed E-state index contributed by atoms with van der Waals surface area (Å²) >= 11 is 1.88. The summed E-state index contributed by atoms with van der Waals surface area (Å²) in [6.45, 7) is 0. The predicted octanol–water partition coefficient (Wildman–Crippen LogP) is 16.8. The Morgan fingerprint density at radius 1 is 0.328 bits per heavy atom. The third-order valence-electron chi connectivity index (χ3n) is 12.2. The van der Waals surface area contributed by atoms with Crippen LogP contribution in [0.3, 0.4) is 0 Å². The summed E-state index contributed by atoms with van der Waals surface area (Å²) < 4.78 is 5.04. The minimum Gasteiger partial charge on any atom is -0.310 e. The Hall–Kier alpha value is -7.72. The summed E-state index contributed by atoms with van der Waals surface area (Å²) in [5, 5.41) is 7.65. The molecule has 0 aliphatic carbocycles. The first-order valence-corrected chi connectivity index (χ1v) is 21.6. The second-order valence-corrected chi connectivity index (χ2v) is 16.8. The van der Waals surface area contributed by atoms with Gasteiger partial charge in [0.05, 0.1) is 11.0 Å². The Balaban J connectivity index is 0.962. The van der Waals surface area contributed by atoms with Gasteiger partial charge in [0.1, 0.15) is 0 Å². The first-order valence-electron chi connectivity index (χ1n) is 20.8. The van der Waals surface area contributed by atoms with Crippen LogP contribution in [0.5, 0.6) is 0 Å². The van der Waals surface area contributed by atoms with E-state index in [1.807, 2.05) is 11.3 Å². The molecule has 0 atom stereocenters. The molecule has 0 radical (unpaired) electrons. The Morgan fingerprint density at radius 3 is 1.64 bits per heavy atom. The number of hydrogen-bond acceptors (Lipinski definition) is 2. The van der Waals surface area contributed by atoms with Crippen molar-refractivity contribution >= 4 is 81.1 Å². The molecule has 286 valence electrons. The van der Waals surface area contributed by atoms with Gasteiger partial charge in [0, 0.05) is 53.7 Å². The van der Waals surface area contributed by atoms with Crippen molar-refractivity contribution in [3.8, 4) is 39.1 Å².